The van der Waals surface area contributed by atoms with Crippen LogP contribution in [0.4, 0.5) is 0 Å². The number of benzene rings is 1. The molecule has 1 aromatic rings. The minimum atomic E-state index is -0.583. The van der Waals surface area contributed by atoms with Crippen LogP contribution in [0.5, 0.6) is 0 Å². The number of amides is 1. The predicted molar refractivity (Wildman–Crippen MR) is 104 cm³/mol. The molecule has 0 bridgehead atoms. The van der Waals surface area contributed by atoms with Gasteiger partial charge in [-0.05, 0) is 24.3 Å². The molecular formula is C20H29NO4S. The molecule has 2 rings (SSSR count). The second-order valence-electron chi connectivity index (χ2n) is 7.05. The monoisotopic (exact) mass is 379 g/mol. The Kier molecular flexibility index (Phi) is 7.97. The second-order valence-corrected chi connectivity index (χ2v) is 8.22. The van der Waals surface area contributed by atoms with Crippen LogP contribution in [0.25, 0.3) is 0 Å². The van der Waals surface area contributed by atoms with Crippen LogP contribution < -0.4 is 0 Å². The maximum atomic E-state index is 12.9. The maximum Gasteiger partial charge on any atom is 0.308 e. The standard InChI is InChI=1S/C20H29NO4S/c1-14(2)18(26-13-17(22)15-7-5-4-6-8-15)19(23)21-11-9-16(10-12-21)20(24)25-3/h4-8,14,16-18,22H,9-13H2,1-3H3. The van der Waals surface area contributed by atoms with Crippen molar-refractivity contribution in [3.05, 3.63) is 35.9 Å². The van der Waals surface area contributed by atoms with Crippen LogP contribution in [-0.2, 0) is 14.3 Å². The van der Waals surface area contributed by atoms with Gasteiger partial charge in [0.1, 0.15) is 0 Å². The summed E-state index contributed by atoms with van der Waals surface area (Å²) in [5.41, 5.74) is 0.869. The highest BCUT2D eigenvalue weighted by atomic mass is 32.2. The van der Waals surface area contributed by atoms with Crippen molar-refractivity contribution < 1.29 is 19.4 Å². The molecule has 2 unspecified atom stereocenters. The number of aliphatic hydroxyl groups is 1. The minimum absolute atomic E-state index is 0.103. The van der Waals surface area contributed by atoms with Gasteiger partial charge in [0.25, 0.3) is 0 Å². The molecule has 0 radical (unpaired) electrons. The first-order valence-corrected chi connectivity index (χ1v) is 10.2. The van der Waals surface area contributed by atoms with Gasteiger partial charge in [0.05, 0.1) is 24.4 Å². The van der Waals surface area contributed by atoms with Crippen LogP contribution in [-0.4, -0.2) is 53.1 Å². The zero-order valence-electron chi connectivity index (χ0n) is 15.8. The molecular weight excluding hydrogens is 350 g/mol. The zero-order valence-corrected chi connectivity index (χ0v) is 16.6. The number of nitrogens with zero attached hydrogens (tertiary/aromatic N) is 1. The van der Waals surface area contributed by atoms with E-state index in [0.29, 0.717) is 31.7 Å². The Labute approximate surface area is 160 Å². The van der Waals surface area contributed by atoms with Crippen LogP contribution in [0, 0.1) is 11.8 Å². The van der Waals surface area contributed by atoms with Gasteiger partial charge in [-0.1, -0.05) is 44.2 Å². The normalized spacial score (nSPS) is 17.8. The number of carbonyl (C=O) groups is 2. The molecule has 1 aliphatic heterocycles. The number of ether oxygens (including phenoxy) is 1. The molecule has 2 atom stereocenters. The first-order chi connectivity index (χ1) is 12.4. The van der Waals surface area contributed by atoms with Crippen molar-refractivity contribution in [2.45, 2.75) is 38.0 Å². The Balaban J connectivity index is 1.90. The van der Waals surface area contributed by atoms with Gasteiger partial charge in [-0.25, -0.2) is 0 Å². The number of rotatable bonds is 7. The molecule has 1 aliphatic rings. The summed E-state index contributed by atoms with van der Waals surface area (Å²) in [6.07, 6.45) is 0.724. The summed E-state index contributed by atoms with van der Waals surface area (Å²) >= 11 is 1.51. The van der Waals surface area contributed by atoms with Gasteiger partial charge < -0.3 is 14.7 Å². The Morgan fingerprint density at radius 2 is 1.85 bits per heavy atom. The smallest absolute Gasteiger partial charge is 0.308 e. The van der Waals surface area contributed by atoms with Crippen molar-refractivity contribution in [1.82, 2.24) is 4.90 Å². The van der Waals surface area contributed by atoms with Crippen molar-refractivity contribution in [2.24, 2.45) is 11.8 Å². The fourth-order valence-electron chi connectivity index (χ4n) is 3.20. The summed E-state index contributed by atoms with van der Waals surface area (Å²) < 4.78 is 4.80. The number of esters is 1. The first kappa shape index (κ1) is 20.8. The fraction of sp³-hybridized carbons (Fsp3) is 0.600. The second kappa shape index (κ2) is 9.97. The number of carbonyl (C=O) groups excluding carboxylic acids is 2. The van der Waals surface area contributed by atoms with Crippen molar-refractivity contribution in [1.29, 1.82) is 0 Å². The molecule has 1 fully saturated rings. The zero-order chi connectivity index (χ0) is 19.1. The highest BCUT2D eigenvalue weighted by molar-refractivity contribution is 8.00. The van der Waals surface area contributed by atoms with E-state index < -0.39 is 6.10 Å². The molecule has 26 heavy (non-hydrogen) atoms. The topological polar surface area (TPSA) is 66.8 Å². The first-order valence-electron chi connectivity index (χ1n) is 9.15. The van der Waals surface area contributed by atoms with E-state index in [2.05, 4.69) is 0 Å². The molecule has 0 aromatic heterocycles. The van der Waals surface area contributed by atoms with Crippen molar-refractivity contribution in [3.8, 4) is 0 Å². The van der Waals surface area contributed by atoms with Gasteiger partial charge in [-0.15, -0.1) is 11.8 Å². The van der Waals surface area contributed by atoms with E-state index in [9.17, 15) is 14.7 Å². The Bertz CT molecular complexity index is 585. The summed E-state index contributed by atoms with van der Waals surface area (Å²) in [5, 5.41) is 10.2. The lowest BCUT2D eigenvalue weighted by Crippen LogP contribution is -2.45. The highest BCUT2D eigenvalue weighted by Gasteiger charge is 2.33. The molecule has 1 saturated heterocycles. The van der Waals surface area contributed by atoms with Gasteiger partial charge in [-0.2, -0.15) is 0 Å². The van der Waals surface area contributed by atoms with Gasteiger partial charge in [-0.3, -0.25) is 9.59 Å². The van der Waals surface area contributed by atoms with E-state index in [0.717, 1.165) is 5.56 Å². The van der Waals surface area contributed by atoms with E-state index in [4.69, 9.17) is 4.74 Å². The number of aliphatic hydroxyl groups excluding tert-OH is 1. The molecule has 5 nitrogen and oxygen atoms in total. The van der Waals surface area contributed by atoms with Crippen molar-refractivity contribution >= 4 is 23.6 Å². The number of thioether (sulfide) groups is 1. The molecule has 144 valence electrons. The van der Waals surface area contributed by atoms with Gasteiger partial charge in [0.15, 0.2) is 0 Å². The number of hydrogen-bond donors (Lipinski definition) is 1. The molecule has 1 heterocycles. The third-order valence-electron chi connectivity index (χ3n) is 4.81. The highest BCUT2D eigenvalue weighted by Crippen LogP contribution is 2.28. The number of piperidine rings is 1. The Hall–Kier alpha value is -1.53. The van der Waals surface area contributed by atoms with Crippen LogP contribution in [0.15, 0.2) is 30.3 Å². The summed E-state index contributed by atoms with van der Waals surface area (Å²) in [6.45, 7) is 5.24. The van der Waals surface area contributed by atoms with Gasteiger partial charge in [0.2, 0.25) is 5.91 Å². The number of likely N-dealkylation sites (tertiary alicyclic amines) is 1. The average molecular weight is 380 g/mol. The van der Waals surface area contributed by atoms with Crippen LogP contribution in [0.2, 0.25) is 0 Å². The van der Waals surface area contributed by atoms with Crippen LogP contribution >= 0.6 is 11.8 Å². The SMILES string of the molecule is COC(=O)C1CCN(C(=O)C(SCC(O)c2ccccc2)C(C)C)CC1. The summed E-state index contributed by atoms with van der Waals surface area (Å²) in [6, 6.07) is 9.52. The van der Waals surface area contributed by atoms with Crippen LogP contribution in [0.3, 0.4) is 0 Å². The average Bonchev–Trinajstić information content (AvgIpc) is 2.67. The quantitative estimate of drug-likeness (QED) is 0.738. The van der Waals surface area contributed by atoms with Crippen molar-refractivity contribution in [2.75, 3.05) is 26.0 Å². The largest absolute Gasteiger partial charge is 0.469 e. The predicted octanol–water partition coefficient (Wildman–Crippen LogP) is 2.89. The molecule has 6 heteroatoms. The lowest BCUT2D eigenvalue weighted by molar-refractivity contribution is -0.148. The molecule has 0 spiro atoms. The summed E-state index contributed by atoms with van der Waals surface area (Å²) in [4.78, 5) is 26.4. The lowest BCUT2D eigenvalue weighted by atomic mass is 9.96. The van der Waals surface area contributed by atoms with Crippen molar-refractivity contribution in [3.63, 3.8) is 0 Å². The van der Waals surface area contributed by atoms with Crippen LogP contribution in [0.1, 0.15) is 38.4 Å². The molecule has 0 saturated carbocycles. The number of methoxy groups -OCH3 is 1. The summed E-state index contributed by atoms with van der Waals surface area (Å²) in [7, 11) is 1.41. The maximum absolute atomic E-state index is 12.9. The minimum Gasteiger partial charge on any atom is -0.469 e. The Morgan fingerprint density at radius 1 is 1.23 bits per heavy atom. The van der Waals surface area contributed by atoms with E-state index in [1.807, 2.05) is 49.1 Å². The van der Waals surface area contributed by atoms with E-state index >= 15 is 0 Å². The number of hydrogen-bond acceptors (Lipinski definition) is 5. The fourth-order valence-corrected chi connectivity index (χ4v) is 4.46. The van der Waals surface area contributed by atoms with Gasteiger partial charge in [0, 0.05) is 18.8 Å². The van der Waals surface area contributed by atoms with E-state index in [1.165, 1.54) is 18.9 Å². The summed E-state index contributed by atoms with van der Waals surface area (Å²) in [5.74, 6) is 0.478. The third-order valence-corrected chi connectivity index (χ3v) is 6.42. The Morgan fingerprint density at radius 3 is 2.38 bits per heavy atom. The van der Waals surface area contributed by atoms with E-state index in [-0.39, 0.29) is 29.0 Å². The third kappa shape index (κ3) is 5.48. The molecule has 1 amide bonds. The van der Waals surface area contributed by atoms with Gasteiger partial charge >= 0.3 is 5.97 Å². The molecule has 0 aliphatic carbocycles. The lowest BCUT2D eigenvalue weighted by Gasteiger charge is -2.34. The molecule has 1 N–H and O–H groups in total. The van der Waals surface area contributed by atoms with E-state index in [1.54, 1.807) is 0 Å². The molecule has 1 aromatic carbocycles.